The Kier molecular flexibility index (Phi) is 4.08. The Morgan fingerprint density at radius 1 is 1.33 bits per heavy atom. The van der Waals surface area contributed by atoms with Crippen LogP contribution in [-0.2, 0) is 11.8 Å². The third-order valence-electron chi connectivity index (χ3n) is 5.82. The molecule has 0 bridgehead atoms. The summed E-state index contributed by atoms with van der Waals surface area (Å²) < 4.78 is 7.58. The first-order valence-corrected chi connectivity index (χ1v) is 8.97. The summed E-state index contributed by atoms with van der Waals surface area (Å²) in [6.45, 7) is 5.44. The van der Waals surface area contributed by atoms with Gasteiger partial charge in [-0.25, -0.2) is 4.98 Å². The minimum Gasteiger partial charge on any atom is -0.381 e. The van der Waals surface area contributed by atoms with Crippen molar-refractivity contribution in [2.75, 3.05) is 46.4 Å². The molecule has 3 heterocycles. The Bertz CT molecular complexity index is 614. The lowest BCUT2D eigenvalue weighted by Crippen LogP contribution is -2.38. The van der Waals surface area contributed by atoms with E-state index >= 15 is 0 Å². The number of ether oxygens (including phenoxy) is 1. The van der Waals surface area contributed by atoms with Gasteiger partial charge in [0.15, 0.2) is 0 Å². The van der Waals surface area contributed by atoms with E-state index in [4.69, 9.17) is 4.74 Å². The Morgan fingerprint density at radius 3 is 2.88 bits per heavy atom. The normalized spacial score (nSPS) is 30.6. The van der Waals surface area contributed by atoms with Crippen LogP contribution < -0.4 is 0 Å². The second kappa shape index (κ2) is 6.11. The summed E-state index contributed by atoms with van der Waals surface area (Å²) in [4.78, 5) is 21.1. The molecule has 0 unspecified atom stereocenters. The van der Waals surface area contributed by atoms with Crippen LogP contribution >= 0.6 is 0 Å². The van der Waals surface area contributed by atoms with Gasteiger partial charge in [-0.05, 0) is 32.2 Å². The summed E-state index contributed by atoms with van der Waals surface area (Å²) in [6.07, 6.45) is 5.29. The quantitative estimate of drug-likeness (QED) is 0.791. The lowest BCUT2D eigenvalue weighted by atomic mass is 9.77. The molecule has 3 fully saturated rings. The van der Waals surface area contributed by atoms with E-state index in [0.29, 0.717) is 11.7 Å². The Hall–Kier alpha value is -1.47. The lowest BCUT2D eigenvalue weighted by molar-refractivity contribution is 0.0527. The van der Waals surface area contributed by atoms with Crippen molar-refractivity contribution in [3.63, 3.8) is 0 Å². The van der Waals surface area contributed by atoms with Crippen molar-refractivity contribution in [2.24, 2.45) is 24.3 Å². The van der Waals surface area contributed by atoms with Gasteiger partial charge in [0.05, 0.1) is 6.61 Å². The van der Waals surface area contributed by atoms with Gasteiger partial charge in [0.1, 0.15) is 6.33 Å². The van der Waals surface area contributed by atoms with Gasteiger partial charge in [0.25, 0.3) is 5.91 Å². The highest BCUT2D eigenvalue weighted by atomic mass is 16.5. The van der Waals surface area contributed by atoms with Gasteiger partial charge in [0, 0.05) is 51.2 Å². The summed E-state index contributed by atoms with van der Waals surface area (Å²) in [6, 6.07) is 0. The molecule has 2 aliphatic heterocycles. The molecule has 1 amide bonds. The first kappa shape index (κ1) is 16.0. The number of carbonyl (C=O) groups is 1. The van der Waals surface area contributed by atoms with Crippen LogP contribution in [0.3, 0.4) is 0 Å². The molecule has 2 saturated heterocycles. The third-order valence-corrected chi connectivity index (χ3v) is 5.82. The number of likely N-dealkylation sites (tertiary alicyclic amines) is 2. The van der Waals surface area contributed by atoms with Crippen LogP contribution in [0.1, 0.15) is 29.9 Å². The fourth-order valence-electron chi connectivity index (χ4n) is 4.30. The first-order chi connectivity index (χ1) is 11.6. The molecule has 2 atom stereocenters. The number of rotatable bonds is 5. The average Bonchev–Trinajstić information content (AvgIpc) is 2.98. The van der Waals surface area contributed by atoms with E-state index in [9.17, 15) is 4.79 Å². The van der Waals surface area contributed by atoms with Crippen molar-refractivity contribution in [1.29, 1.82) is 0 Å². The summed E-state index contributed by atoms with van der Waals surface area (Å²) in [5, 5.41) is 4.16. The fourth-order valence-corrected chi connectivity index (χ4v) is 4.30. The van der Waals surface area contributed by atoms with Gasteiger partial charge in [0.2, 0.25) is 5.82 Å². The second-order valence-corrected chi connectivity index (χ2v) is 7.96. The highest BCUT2D eigenvalue weighted by molar-refractivity contribution is 5.90. The molecule has 0 aromatic carbocycles. The van der Waals surface area contributed by atoms with Gasteiger partial charge in [-0.15, -0.1) is 5.10 Å². The van der Waals surface area contributed by atoms with Crippen molar-refractivity contribution in [3.8, 4) is 0 Å². The number of hydrogen-bond donors (Lipinski definition) is 0. The summed E-state index contributed by atoms with van der Waals surface area (Å²) in [5.74, 6) is 1.58. The van der Waals surface area contributed by atoms with Crippen LogP contribution in [0.5, 0.6) is 0 Å². The van der Waals surface area contributed by atoms with E-state index in [-0.39, 0.29) is 11.3 Å². The van der Waals surface area contributed by atoms with Gasteiger partial charge in [-0.3, -0.25) is 9.48 Å². The molecular formula is C17H27N5O2. The predicted octanol–water partition coefficient (Wildman–Crippen LogP) is 0.636. The number of hydrogen-bond acceptors (Lipinski definition) is 5. The number of amides is 1. The molecule has 24 heavy (non-hydrogen) atoms. The highest BCUT2D eigenvalue weighted by Crippen LogP contribution is 2.44. The van der Waals surface area contributed by atoms with Crippen LogP contribution in [0.25, 0.3) is 0 Å². The maximum atomic E-state index is 12.6. The van der Waals surface area contributed by atoms with Crippen LogP contribution in [0.15, 0.2) is 6.33 Å². The van der Waals surface area contributed by atoms with Gasteiger partial charge in [-0.2, -0.15) is 0 Å². The topological polar surface area (TPSA) is 63.5 Å². The van der Waals surface area contributed by atoms with Crippen LogP contribution in [0.2, 0.25) is 0 Å². The maximum Gasteiger partial charge on any atom is 0.293 e. The van der Waals surface area contributed by atoms with Crippen molar-refractivity contribution in [3.05, 3.63) is 12.2 Å². The predicted molar refractivity (Wildman–Crippen MR) is 88.5 cm³/mol. The summed E-state index contributed by atoms with van der Waals surface area (Å²) in [5.41, 5.74) is 0.169. The molecular weight excluding hydrogens is 306 g/mol. The second-order valence-electron chi connectivity index (χ2n) is 7.96. The molecule has 132 valence electrons. The first-order valence-electron chi connectivity index (χ1n) is 8.97. The summed E-state index contributed by atoms with van der Waals surface area (Å²) in [7, 11) is 3.96. The van der Waals surface area contributed by atoms with Gasteiger partial charge in [-0.1, -0.05) is 0 Å². The zero-order valence-corrected chi connectivity index (χ0v) is 14.6. The molecule has 0 radical (unpaired) electrons. The molecule has 3 aliphatic rings. The number of nitrogens with zero attached hydrogens (tertiary/aromatic N) is 5. The molecule has 1 aromatic rings. The highest BCUT2D eigenvalue weighted by Gasteiger charge is 2.50. The standard InChI is InChI=1S/C17H27N5O2/c1-20-7-14(9-24-8-13-3-4-13)17(10-20)5-6-22(11-17)16(23)15-18-12-21(2)19-15/h12-14H,3-11H2,1-2H3/t14-,17+/m0/s1. The monoisotopic (exact) mass is 333 g/mol. The zero-order valence-electron chi connectivity index (χ0n) is 14.6. The largest absolute Gasteiger partial charge is 0.381 e. The van der Waals surface area contributed by atoms with Crippen LogP contribution in [0.4, 0.5) is 0 Å². The minimum absolute atomic E-state index is 0.0420. The van der Waals surface area contributed by atoms with E-state index in [1.807, 2.05) is 4.90 Å². The molecule has 4 rings (SSSR count). The minimum atomic E-state index is -0.0420. The number of carbonyl (C=O) groups excluding carboxylic acids is 1. The molecule has 7 heteroatoms. The van der Waals surface area contributed by atoms with Crippen molar-refractivity contribution in [1.82, 2.24) is 24.6 Å². The Morgan fingerprint density at radius 2 is 2.17 bits per heavy atom. The number of aromatic nitrogens is 3. The smallest absolute Gasteiger partial charge is 0.293 e. The Labute approximate surface area is 143 Å². The third kappa shape index (κ3) is 3.07. The lowest BCUT2D eigenvalue weighted by Gasteiger charge is -2.30. The van der Waals surface area contributed by atoms with E-state index in [0.717, 1.165) is 51.7 Å². The summed E-state index contributed by atoms with van der Waals surface area (Å²) >= 11 is 0. The van der Waals surface area contributed by atoms with E-state index in [1.54, 1.807) is 18.1 Å². The van der Waals surface area contributed by atoms with Gasteiger partial charge < -0.3 is 14.5 Å². The molecule has 7 nitrogen and oxygen atoms in total. The molecule has 1 aliphatic carbocycles. The molecule has 1 spiro atoms. The maximum absolute atomic E-state index is 12.6. The average molecular weight is 333 g/mol. The van der Waals surface area contributed by atoms with Crippen LogP contribution in [-0.4, -0.2) is 76.9 Å². The van der Waals surface area contributed by atoms with E-state index in [2.05, 4.69) is 22.0 Å². The Balaban J connectivity index is 1.41. The number of aryl methyl sites for hydroxylation is 1. The molecule has 0 N–H and O–H groups in total. The van der Waals surface area contributed by atoms with E-state index in [1.165, 1.54) is 12.8 Å². The van der Waals surface area contributed by atoms with Crippen molar-refractivity contribution >= 4 is 5.91 Å². The van der Waals surface area contributed by atoms with Crippen molar-refractivity contribution in [2.45, 2.75) is 19.3 Å². The zero-order chi connectivity index (χ0) is 16.7. The molecule has 1 saturated carbocycles. The molecule has 1 aromatic heterocycles. The van der Waals surface area contributed by atoms with Crippen LogP contribution in [0, 0.1) is 17.3 Å². The fraction of sp³-hybridized carbons (Fsp3) is 0.824. The SMILES string of the molecule is CN1C[C@@H](COCC2CC2)[C@]2(CCN(C(=O)c3ncn(C)n3)C2)C1. The van der Waals surface area contributed by atoms with Gasteiger partial charge >= 0.3 is 0 Å². The van der Waals surface area contributed by atoms with E-state index < -0.39 is 0 Å². The van der Waals surface area contributed by atoms with Crippen molar-refractivity contribution < 1.29 is 9.53 Å².